The van der Waals surface area contributed by atoms with Gasteiger partial charge >= 0.3 is 0 Å². The lowest BCUT2D eigenvalue weighted by Gasteiger charge is -1.93. The molecule has 2 heterocycles. The van der Waals surface area contributed by atoms with Crippen LogP contribution in [0.25, 0.3) is 0 Å². The van der Waals surface area contributed by atoms with E-state index in [0.717, 1.165) is 10.4 Å². The van der Waals surface area contributed by atoms with Crippen LogP contribution in [0.5, 0.6) is 0 Å². The number of rotatable bonds is 3. The number of aromatic nitrogens is 1. The van der Waals surface area contributed by atoms with Gasteiger partial charge in [-0.3, -0.25) is 0 Å². The molecule has 2 rings (SSSR count). The first-order valence-corrected chi connectivity index (χ1v) is 5.79. The van der Waals surface area contributed by atoms with Gasteiger partial charge in [-0.15, -0.1) is 11.3 Å². The Bertz CT molecular complexity index is 591. The fourth-order valence-electron chi connectivity index (χ4n) is 1.24. The highest BCUT2D eigenvalue weighted by Gasteiger charge is 2.08. The Balaban J connectivity index is 2.10. The van der Waals surface area contributed by atoms with Crippen LogP contribution in [-0.2, 0) is 0 Å². The lowest BCUT2D eigenvalue weighted by Crippen LogP contribution is -1.91. The van der Waals surface area contributed by atoms with Gasteiger partial charge in [0.1, 0.15) is 6.07 Å². The van der Waals surface area contributed by atoms with Crippen LogP contribution >= 0.6 is 11.3 Å². The third kappa shape index (κ3) is 2.52. The summed E-state index contributed by atoms with van der Waals surface area (Å²) in [5.74, 6) is 0.710. The summed E-state index contributed by atoms with van der Waals surface area (Å²) >= 11 is 1.60. The van der Waals surface area contributed by atoms with Gasteiger partial charge in [-0.05, 0) is 23.9 Å². The Morgan fingerprint density at radius 1 is 1.59 bits per heavy atom. The van der Waals surface area contributed by atoms with Crippen molar-refractivity contribution in [3.05, 3.63) is 33.5 Å². The van der Waals surface area contributed by atoms with E-state index in [2.05, 4.69) is 15.5 Å². The first-order chi connectivity index (χ1) is 8.20. The van der Waals surface area contributed by atoms with Crippen molar-refractivity contribution in [1.29, 1.82) is 5.26 Å². The number of nitrogens with zero attached hydrogens (tertiary/aromatic N) is 3. The van der Waals surface area contributed by atoms with Crippen LogP contribution in [0.2, 0.25) is 0 Å². The summed E-state index contributed by atoms with van der Waals surface area (Å²) in [6, 6.07) is 3.95. The van der Waals surface area contributed by atoms with Crippen LogP contribution in [0.4, 0.5) is 5.88 Å². The number of hydrogen-bond donors (Lipinski definition) is 1. The van der Waals surface area contributed by atoms with Crippen LogP contribution in [-0.4, -0.2) is 11.2 Å². The van der Waals surface area contributed by atoms with Crippen molar-refractivity contribution < 1.29 is 4.42 Å². The molecule has 0 radical (unpaired) electrons. The maximum atomic E-state index is 8.80. The van der Waals surface area contributed by atoms with E-state index in [4.69, 9.17) is 9.68 Å². The van der Waals surface area contributed by atoms with Gasteiger partial charge in [0.2, 0.25) is 5.69 Å². The van der Waals surface area contributed by atoms with Gasteiger partial charge < -0.3 is 4.42 Å². The van der Waals surface area contributed by atoms with E-state index in [-0.39, 0.29) is 11.6 Å². The normalized spacial score (nSPS) is 10.6. The third-order valence-electron chi connectivity index (χ3n) is 2.09. The Hall–Kier alpha value is -2.13. The highest BCUT2D eigenvalue weighted by Crippen LogP contribution is 2.16. The minimum absolute atomic E-state index is 0.211. The molecule has 0 aliphatic carbocycles. The van der Waals surface area contributed by atoms with Crippen LogP contribution in [0.1, 0.15) is 22.0 Å². The fraction of sp³-hybridized carbons (Fsp3) is 0.182. The second kappa shape index (κ2) is 4.80. The summed E-state index contributed by atoms with van der Waals surface area (Å²) in [6.07, 6.45) is 1.69. The number of aryl methyl sites for hydroxylation is 2. The fourth-order valence-corrected chi connectivity index (χ4v) is 2.03. The number of thiophene rings is 1. The molecule has 1 N–H and O–H groups in total. The lowest BCUT2D eigenvalue weighted by atomic mass is 10.3. The smallest absolute Gasteiger partial charge is 0.252 e. The van der Waals surface area contributed by atoms with Gasteiger partial charge in [0, 0.05) is 11.8 Å². The molecule has 0 aliphatic rings. The summed E-state index contributed by atoms with van der Waals surface area (Å²) in [5.41, 5.74) is 4.05. The predicted molar refractivity (Wildman–Crippen MR) is 66.2 cm³/mol. The first-order valence-electron chi connectivity index (χ1n) is 4.91. The summed E-state index contributed by atoms with van der Waals surface area (Å²) in [7, 11) is 0. The largest absolute Gasteiger partial charge is 0.422 e. The number of anilines is 1. The molecule has 86 valence electrons. The van der Waals surface area contributed by atoms with E-state index < -0.39 is 0 Å². The molecule has 0 aromatic carbocycles. The van der Waals surface area contributed by atoms with Gasteiger partial charge in [-0.25, -0.2) is 10.4 Å². The van der Waals surface area contributed by atoms with Crippen LogP contribution in [0.3, 0.4) is 0 Å². The molecule has 2 aromatic rings. The van der Waals surface area contributed by atoms with E-state index in [1.165, 1.54) is 0 Å². The molecular weight excluding hydrogens is 236 g/mol. The molecule has 0 aliphatic heterocycles. The van der Waals surface area contributed by atoms with E-state index in [0.29, 0.717) is 5.89 Å². The van der Waals surface area contributed by atoms with Crippen molar-refractivity contribution in [3.63, 3.8) is 0 Å². The van der Waals surface area contributed by atoms with Gasteiger partial charge in [0.15, 0.2) is 5.89 Å². The number of nitrogens with one attached hydrogen (secondary N) is 1. The Labute approximate surface area is 102 Å². The minimum atomic E-state index is 0.211. The van der Waals surface area contributed by atoms with Crippen molar-refractivity contribution in [1.82, 2.24) is 4.98 Å². The van der Waals surface area contributed by atoms with Gasteiger partial charge in [-0.1, -0.05) is 0 Å². The van der Waals surface area contributed by atoms with Gasteiger partial charge in [0.05, 0.1) is 6.21 Å². The predicted octanol–water partition coefficient (Wildman–Crippen LogP) is 2.67. The molecule has 6 heteroatoms. The average Bonchev–Trinajstić information content (AvgIpc) is 2.86. The Kier molecular flexibility index (Phi) is 3.21. The molecular formula is C11H10N4OS. The zero-order valence-electron chi connectivity index (χ0n) is 9.39. The SMILES string of the molecule is Cc1nc(C#N)c(NN=Cc2sccc2C)o1. The molecule has 0 unspecified atom stereocenters. The van der Waals surface area contributed by atoms with Crippen molar-refractivity contribution in [2.45, 2.75) is 13.8 Å². The van der Waals surface area contributed by atoms with Crippen molar-refractivity contribution in [3.8, 4) is 6.07 Å². The van der Waals surface area contributed by atoms with Crippen molar-refractivity contribution >= 4 is 23.4 Å². The lowest BCUT2D eigenvalue weighted by molar-refractivity contribution is 0.533. The average molecular weight is 246 g/mol. The molecule has 0 atom stereocenters. The Morgan fingerprint density at radius 2 is 2.41 bits per heavy atom. The summed E-state index contributed by atoms with van der Waals surface area (Å²) in [4.78, 5) is 4.96. The molecule has 0 amide bonds. The minimum Gasteiger partial charge on any atom is -0.422 e. The zero-order chi connectivity index (χ0) is 12.3. The number of nitriles is 1. The molecule has 17 heavy (non-hydrogen) atoms. The quantitative estimate of drug-likeness (QED) is 0.667. The maximum Gasteiger partial charge on any atom is 0.252 e. The van der Waals surface area contributed by atoms with Crippen LogP contribution in [0, 0.1) is 25.2 Å². The highest BCUT2D eigenvalue weighted by atomic mass is 32.1. The number of oxazole rings is 1. The van der Waals surface area contributed by atoms with E-state index >= 15 is 0 Å². The maximum absolute atomic E-state index is 8.80. The van der Waals surface area contributed by atoms with Gasteiger partial charge in [0.25, 0.3) is 5.88 Å². The third-order valence-corrected chi connectivity index (χ3v) is 3.04. The number of hydrogen-bond acceptors (Lipinski definition) is 6. The zero-order valence-corrected chi connectivity index (χ0v) is 10.2. The van der Waals surface area contributed by atoms with E-state index in [1.54, 1.807) is 24.5 Å². The van der Waals surface area contributed by atoms with Crippen LogP contribution < -0.4 is 5.43 Å². The topological polar surface area (TPSA) is 74.2 Å². The molecule has 0 saturated heterocycles. The second-order valence-electron chi connectivity index (χ2n) is 3.36. The van der Waals surface area contributed by atoms with Crippen LogP contribution in [0.15, 0.2) is 21.0 Å². The van der Waals surface area contributed by atoms with E-state index in [9.17, 15) is 0 Å². The molecule has 0 bridgehead atoms. The standard InChI is InChI=1S/C11H10N4OS/c1-7-3-4-17-10(7)6-13-15-11-9(5-12)14-8(2)16-11/h3-4,6,15H,1-2H3. The highest BCUT2D eigenvalue weighted by molar-refractivity contribution is 7.11. The van der Waals surface area contributed by atoms with Gasteiger partial charge in [-0.2, -0.15) is 10.4 Å². The second-order valence-corrected chi connectivity index (χ2v) is 4.31. The molecule has 0 fully saturated rings. The summed E-state index contributed by atoms with van der Waals surface area (Å²) in [5, 5.41) is 14.8. The number of hydrazone groups is 1. The molecule has 5 nitrogen and oxygen atoms in total. The first kappa shape index (κ1) is 11.4. The molecule has 0 saturated carbocycles. The monoisotopic (exact) mass is 246 g/mol. The van der Waals surface area contributed by atoms with Crippen molar-refractivity contribution in [2.24, 2.45) is 5.10 Å². The van der Waals surface area contributed by atoms with E-state index in [1.807, 2.05) is 24.4 Å². The Morgan fingerprint density at radius 3 is 3.06 bits per heavy atom. The van der Waals surface area contributed by atoms with Crippen molar-refractivity contribution in [2.75, 3.05) is 5.43 Å². The summed E-state index contributed by atoms with van der Waals surface area (Å²) in [6.45, 7) is 3.69. The molecule has 0 spiro atoms. The molecule has 2 aromatic heterocycles. The summed E-state index contributed by atoms with van der Waals surface area (Å²) < 4.78 is 5.20.